The number of aromatic nitrogens is 3. The second kappa shape index (κ2) is 6.80. The van der Waals surface area contributed by atoms with E-state index in [9.17, 15) is 13.2 Å². The highest BCUT2D eigenvalue weighted by Gasteiger charge is 2.26. The van der Waals surface area contributed by atoms with Crippen LogP contribution in [0.15, 0.2) is 5.16 Å². The third kappa shape index (κ3) is 4.37. The highest BCUT2D eigenvalue weighted by molar-refractivity contribution is 7.99. The van der Waals surface area contributed by atoms with Gasteiger partial charge in [0.25, 0.3) is 0 Å². The number of halogens is 3. The van der Waals surface area contributed by atoms with E-state index in [1.807, 2.05) is 11.6 Å². The van der Waals surface area contributed by atoms with Gasteiger partial charge in [0.05, 0.1) is 0 Å². The van der Waals surface area contributed by atoms with E-state index in [1.54, 1.807) is 0 Å². The summed E-state index contributed by atoms with van der Waals surface area (Å²) >= 11 is 1.34. The summed E-state index contributed by atoms with van der Waals surface area (Å²) in [6.07, 6.45) is -2.50. The Morgan fingerprint density at radius 3 is 2.85 bits per heavy atom. The van der Waals surface area contributed by atoms with Crippen molar-refractivity contribution in [2.24, 2.45) is 7.05 Å². The number of rotatable bonds is 5. The zero-order valence-corrected chi connectivity index (χ0v) is 12.2. The molecule has 0 aliphatic carbocycles. The largest absolute Gasteiger partial charge is 0.389 e. The van der Waals surface area contributed by atoms with Crippen LogP contribution in [0.4, 0.5) is 13.2 Å². The first kappa shape index (κ1) is 15.6. The maximum Gasteiger partial charge on any atom is 0.389 e. The minimum atomic E-state index is -4.07. The Kier molecular flexibility index (Phi) is 5.31. The second-order valence-corrected chi connectivity index (χ2v) is 6.07. The molecule has 1 aliphatic rings. The van der Waals surface area contributed by atoms with Crippen LogP contribution in [0.3, 0.4) is 0 Å². The van der Waals surface area contributed by atoms with Gasteiger partial charge in [-0.3, -0.25) is 0 Å². The molecule has 0 aromatic carbocycles. The fourth-order valence-corrected chi connectivity index (χ4v) is 3.17. The quantitative estimate of drug-likeness (QED) is 0.671. The molecule has 20 heavy (non-hydrogen) atoms. The molecule has 0 radical (unpaired) electrons. The van der Waals surface area contributed by atoms with Crippen molar-refractivity contribution in [1.29, 1.82) is 0 Å². The van der Waals surface area contributed by atoms with Crippen molar-refractivity contribution in [1.82, 2.24) is 20.1 Å². The molecule has 8 heteroatoms. The fraction of sp³-hybridized carbons (Fsp3) is 0.833. The minimum absolute atomic E-state index is 0.112. The number of hydrogen-bond donors (Lipinski definition) is 1. The lowest BCUT2D eigenvalue weighted by Crippen LogP contribution is -2.29. The van der Waals surface area contributed by atoms with E-state index < -0.39 is 12.6 Å². The molecule has 1 N–H and O–H groups in total. The summed E-state index contributed by atoms with van der Waals surface area (Å²) < 4.78 is 38.1. The molecule has 0 spiro atoms. The molecule has 0 amide bonds. The summed E-state index contributed by atoms with van der Waals surface area (Å²) in [7, 11) is 1.88. The van der Waals surface area contributed by atoms with Gasteiger partial charge >= 0.3 is 6.18 Å². The first-order valence-electron chi connectivity index (χ1n) is 6.77. The van der Waals surface area contributed by atoms with Crippen molar-refractivity contribution < 1.29 is 13.2 Å². The van der Waals surface area contributed by atoms with Gasteiger partial charge in [0.2, 0.25) is 0 Å². The van der Waals surface area contributed by atoms with Crippen LogP contribution in [0.2, 0.25) is 0 Å². The molecule has 1 atom stereocenters. The molecule has 1 aliphatic heterocycles. The van der Waals surface area contributed by atoms with Gasteiger partial charge in [0, 0.05) is 31.7 Å². The van der Waals surface area contributed by atoms with Crippen LogP contribution in [0.5, 0.6) is 0 Å². The molecule has 0 saturated carbocycles. The van der Waals surface area contributed by atoms with Crippen LogP contribution in [0, 0.1) is 0 Å². The van der Waals surface area contributed by atoms with E-state index >= 15 is 0 Å². The molecule has 114 valence electrons. The van der Waals surface area contributed by atoms with Crippen molar-refractivity contribution in [2.45, 2.75) is 42.9 Å². The summed E-state index contributed by atoms with van der Waals surface area (Å²) in [5.41, 5.74) is 0. The maximum atomic E-state index is 12.1. The molecule has 1 aromatic heterocycles. The van der Waals surface area contributed by atoms with Gasteiger partial charge in [0.1, 0.15) is 5.82 Å². The minimum Gasteiger partial charge on any atom is -0.316 e. The molecule has 0 bridgehead atoms. The van der Waals surface area contributed by atoms with Crippen LogP contribution in [-0.2, 0) is 7.05 Å². The highest BCUT2D eigenvalue weighted by atomic mass is 32.2. The van der Waals surface area contributed by atoms with Gasteiger partial charge < -0.3 is 9.88 Å². The van der Waals surface area contributed by atoms with Crippen molar-refractivity contribution in [3.63, 3.8) is 0 Å². The third-order valence-corrected chi connectivity index (χ3v) is 4.47. The summed E-state index contributed by atoms with van der Waals surface area (Å²) in [6, 6.07) is 0. The average Bonchev–Trinajstić information content (AvgIpc) is 2.76. The topological polar surface area (TPSA) is 42.7 Å². The van der Waals surface area contributed by atoms with Gasteiger partial charge in [-0.25, -0.2) is 0 Å². The van der Waals surface area contributed by atoms with E-state index in [0.717, 1.165) is 31.8 Å². The van der Waals surface area contributed by atoms with Gasteiger partial charge in [-0.1, -0.05) is 11.8 Å². The monoisotopic (exact) mass is 308 g/mol. The summed E-state index contributed by atoms with van der Waals surface area (Å²) in [4.78, 5) is 0. The molecule has 1 saturated heterocycles. The Morgan fingerprint density at radius 2 is 2.20 bits per heavy atom. The van der Waals surface area contributed by atoms with Crippen molar-refractivity contribution in [3.05, 3.63) is 5.82 Å². The Labute approximate surface area is 120 Å². The van der Waals surface area contributed by atoms with Gasteiger partial charge in [-0.05, 0) is 25.8 Å². The fourth-order valence-electron chi connectivity index (χ4n) is 2.32. The number of piperidine rings is 1. The number of nitrogens with zero attached hydrogens (tertiary/aromatic N) is 3. The molecular formula is C12H19F3N4S. The molecule has 2 rings (SSSR count). The Hall–Kier alpha value is -0.760. The predicted molar refractivity (Wildman–Crippen MR) is 71.9 cm³/mol. The average molecular weight is 308 g/mol. The van der Waals surface area contributed by atoms with E-state index in [0.29, 0.717) is 16.8 Å². The number of thioether (sulfide) groups is 1. The Morgan fingerprint density at radius 1 is 1.40 bits per heavy atom. The lowest BCUT2D eigenvalue weighted by Gasteiger charge is -2.21. The SMILES string of the molecule is Cn1c(SCCCC(F)(F)F)nnc1[C@H]1CCCNC1. The zero-order valence-electron chi connectivity index (χ0n) is 11.4. The van der Waals surface area contributed by atoms with Gasteiger partial charge in [0.15, 0.2) is 5.16 Å². The van der Waals surface area contributed by atoms with E-state index in [2.05, 4.69) is 15.5 Å². The second-order valence-electron chi connectivity index (χ2n) is 5.01. The maximum absolute atomic E-state index is 12.1. The lowest BCUT2D eigenvalue weighted by atomic mass is 9.99. The van der Waals surface area contributed by atoms with Crippen molar-refractivity contribution >= 4 is 11.8 Å². The van der Waals surface area contributed by atoms with Gasteiger partial charge in [-0.15, -0.1) is 10.2 Å². The van der Waals surface area contributed by atoms with E-state index in [4.69, 9.17) is 0 Å². The van der Waals surface area contributed by atoms with Crippen molar-refractivity contribution in [2.75, 3.05) is 18.8 Å². The number of hydrogen-bond acceptors (Lipinski definition) is 4. The molecular weight excluding hydrogens is 289 g/mol. The van der Waals surface area contributed by atoms with Crippen LogP contribution >= 0.6 is 11.8 Å². The normalized spacial score (nSPS) is 20.3. The highest BCUT2D eigenvalue weighted by Crippen LogP contribution is 2.27. The van der Waals surface area contributed by atoms with Crippen LogP contribution in [0.25, 0.3) is 0 Å². The molecule has 0 unspecified atom stereocenters. The van der Waals surface area contributed by atoms with Crippen LogP contribution in [-0.4, -0.2) is 39.8 Å². The standard InChI is InChI=1S/C12H19F3N4S/c1-19-10(9-4-2-6-16-8-9)17-18-11(19)20-7-3-5-12(13,14)15/h9,16H,2-8H2,1H3/t9-/m0/s1. The number of alkyl halides is 3. The predicted octanol–water partition coefficient (Wildman–Crippen LogP) is 2.72. The molecule has 1 fully saturated rings. The smallest absolute Gasteiger partial charge is 0.316 e. The van der Waals surface area contributed by atoms with Crippen LogP contribution < -0.4 is 5.32 Å². The summed E-state index contributed by atoms with van der Waals surface area (Å²) in [5, 5.41) is 12.3. The summed E-state index contributed by atoms with van der Waals surface area (Å²) in [6.45, 7) is 1.93. The zero-order chi connectivity index (χ0) is 14.6. The first-order valence-corrected chi connectivity index (χ1v) is 7.75. The van der Waals surface area contributed by atoms with E-state index in [-0.39, 0.29) is 6.42 Å². The Bertz CT molecular complexity index is 427. The lowest BCUT2D eigenvalue weighted by molar-refractivity contribution is -0.134. The Balaban J connectivity index is 1.85. The van der Waals surface area contributed by atoms with Crippen molar-refractivity contribution in [3.8, 4) is 0 Å². The molecule has 2 heterocycles. The van der Waals surface area contributed by atoms with Gasteiger partial charge in [-0.2, -0.15) is 13.2 Å². The number of nitrogens with one attached hydrogen (secondary N) is 1. The van der Waals surface area contributed by atoms with Crippen LogP contribution in [0.1, 0.15) is 37.4 Å². The molecule has 1 aromatic rings. The summed E-state index contributed by atoms with van der Waals surface area (Å²) in [5.74, 6) is 1.69. The third-order valence-electron chi connectivity index (χ3n) is 3.37. The molecule has 4 nitrogen and oxygen atoms in total. The first-order chi connectivity index (χ1) is 9.47. The van der Waals surface area contributed by atoms with E-state index in [1.165, 1.54) is 11.8 Å².